The van der Waals surface area contributed by atoms with Gasteiger partial charge in [-0.1, -0.05) is 17.7 Å². The molecule has 18 heavy (non-hydrogen) atoms. The SMILES string of the molecule is N[C@@H](c1cccs1)c1c([N+](=O)[O-])ccc(Cl)c1O. The van der Waals surface area contributed by atoms with Crippen LogP contribution in [0.5, 0.6) is 5.75 Å². The summed E-state index contributed by atoms with van der Waals surface area (Å²) in [7, 11) is 0. The number of nitro groups is 1. The van der Waals surface area contributed by atoms with E-state index >= 15 is 0 Å². The summed E-state index contributed by atoms with van der Waals surface area (Å²) in [5.74, 6) is -0.341. The average molecular weight is 285 g/mol. The predicted molar refractivity (Wildman–Crippen MR) is 70.1 cm³/mol. The monoisotopic (exact) mass is 284 g/mol. The fraction of sp³-hybridized carbons (Fsp3) is 0.0909. The molecule has 0 saturated carbocycles. The molecule has 0 spiro atoms. The molecule has 0 aliphatic carbocycles. The Morgan fingerprint density at radius 3 is 2.72 bits per heavy atom. The molecule has 0 radical (unpaired) electrons. The second-order valence-corrected chi connectivity index (χ2v) is 4.97. The van der Waals surface area contributed by atoms with Gasteiger partial charge in [-0.2, -0.15) is 0 Å². The smallest absolute Gasteiger partial charge is 0.278 e. The lowest BCUT2D eigenvalue weighted by Crippen LogP contribution is -2.13. The molecule has 0 saturated heterocycles. The highest BCUT2D eigenvalue weighted by Crippen LogP contribution is 2.40. The Morgan fingerprint density at radius 1 is 1.44 bits per heavy atom. The first-order valence-electron chi connectivity index (χ1n) is 4.97. The standard InChI is InChI=1S/C11H9ClN2O3S/c12-6-3-4-7(14(16)17)9(11(6)15)10(13)8-2-1-5-18-8/h1-5,10,15H,13H2/t10-/m0/s1. The molecule has 0 bridgehead atoms. The van der Waals surface area contributed by atoms with Crippen LogP contribution in [0.25, 0.3) is 0 Å². The van der Waals surface area contributed by atoms with Gasteiger partial charge in [0.25, 0.3) is 5.69 Å². The van der Waals surface area contributed by atoms with Crippen molar-refractivity contribution in [3.05, 3.63) is 55.2 Å². The summed E-state index contributed by atoms with van der Waals surface area (Å²) in [6, 6.07) is 5.28. The zero-order valence-electron chi connectivity index (χ0n) is 9.04. The third kappa shape index (κ3) is 2.17. The third-order valence-corrected chi connectivity index (χ3v) is 3.76. The summed E-state index contributed by atoms with van der Waals surface area (Å²) in [5.41, 5.74) is 5.76. The van der Waals surface area contributed by atoms with E-state index in [-0.39, 0.29) is 22.0 Å². The summed E-state index contributed by atoms with van der Waals surface area (Å²) in [6.45, 7) is 0. The van der Waals surface area contributed by atoms with Crippen molar-refractivity contribution in [2.75, 3.05) is 0 Å². The first kappa shape index (κ1) is 12.8. The zero-order chi connectivity index (χ0) is 13.3. The topological polar surface area (TPSA) is 89.4 Å². The lowest BCUT2D eigenvalue weighted by molar-refractivity contribution is -0.385. The van der Waals surface area contributed by atoms with Crippen LogP contribution < -0.4 is 5.73 Å². The van der Waals surface area contributed by atoms with Gasteiger partial charge < -0.3 is 10.8 Å². The fourth-order valence-electron chi connectivity index (χ4n) is 1.65. The minimum absolute atomic E-state index is 0.0370. The van der Waals surface area contributed by atoms with E-state index in [0.717, 1.165) is 4.88 Å². The lowest BCUT2D eigenvalue weighted by Gasteiger charge is -2.13. The zero-order valence-corrected chi connectivity index (χ0v) is 10.6. The summed E-state index contributed by atoms with van der Waals surface area (Å²) >= 11 is 7.13. The molecule has 1 atom stereocenters. The van der Waals surface area contributed by atoms with E-state index in [9.17, 15) is 15.2 Å². The third-order valence-electron chi connectivity index (χ3n) is 2.50. The highest BCUT2D eigenvalue weighted by Gasteiger charge is 2.26. The van der Waals surface area contributed by atoms with Gasteiger partial charge in [0.2, 0.25) is 0 Å². The molecule has 0 fully saturated rings. The maximum atomic E-state index is 11.0. The lowest BCUT2D eigenvalue weighted by atomic mass is 10.0. The van der Waals surface area contributed by atoms with Gasteiger partial charge in [0, 0.05) is 10.9 Å². The van der Waals surface area contributed by atoms with Crippen molar-refractivity contribution in [2.45, 2.75) is 6.04 Å². The second kappa shape index (κ2) is 4.93. The Labute approximate surface area is 112 Å². The van der Waals surface area contributed by atoms with E-state index in [2.05, 4.69) is 0 Å². The number of halogens is 1. The van der Waals surface area contributed by atoms with E-state index in [0.29, 0.717) is 0 Å². The van der Waals surface area contributed by atoms with Gasteiger partial charge >= 0.3 is 0 Å². The molecular weight excluding hydrogens is 276 g/mol. The number of phenolic OH excluding ortho intramolecular Hbond substituents is 1. The molecule has 7 heteroatoms. The number of hydrogen-bond acceptors (Lipinski definition) is 5. The average Bonchev–Trinajstić information content (AvgIpc) is 2.84. The van der Waals surface area contributed by atoms with Gasteiger partial charge in [0.05, 0.1) is 21.6 Å². The molecule has 0 unspecified atom stereocenters. The van der Waals surface area contributed by atoms with Gasteiger partial charge in [-0.15, -0.1) is 11.3 Å². The predicted octanol–water partition coefficient (Wildman–Crippen LogP) is 3.06. The molecule has 1 heterocycles. The van der Waals surface area contributed by atoms with Crippen LogP contribution in [0.3, 0.4) is 0 Å². The van der Waals surface area contributed by atoms with Crippen molar-refractivity contribution in [2.24, 2.45) is 5.73 Å². The number of hydrogen-bond donors (Lipinski definition) is 2. The van der Waals surface area contributed by atoms with Crippen molar-refractivity contribution < 1.29 is 10.0 Å². The molecule has 94 valence electrons. The van der Waals surface area contributed by atoms with E-state index in [1.165, 1.54) is 23.5 Å². The number of nitrogens with two attached hydrogens (primary N) is 1. The van der Waals surface area contributed by atoms with Crippen LogP contribution in [-0.2, 0) is 0 Å². The fourth-order valence-corrected chi connectivity index (χ4v) is 2.55. The molecule has 3 N–H and O–H groups in total. The number of nitro benzene ring substituents is 1. The first-order valence-corrected chi connectivity index (χ1v) is 6.23. The Morgan fingerprint density at radius 2 is 2.17 bits per heavy atom. The Hall–Kier alpha value is -1.63. The minimum Gasteiger partial charge on any atom is -0.506 e. The number of aromatic hydroxyl groups is 1. The number of phenols is 1. The first-order chi connectivity index (χ1) is 8.52. The van der Waals surface area contributed by atoms with Gasteiger partial charge in [-0.05, 0) is 17.5 Å². The highest BCUT2D eigenvalue weighted by atomic mass is 35.5. The molecular formula is C11H9ClN2O3S. The molecule has 2 aromatic rings. The molecule has 2 rings (SSSR count). The number of thiophene rings is 1. The number of benzene rings is 1. The molecule has 1 aromatic carbocycles. The summed E-state index contributed by atoms with van der Waals surface area (Å²) in [6.07, 6.45) is 0. The molecule has 1 aromatic heterocycles. The summed E-state index contributed by atoms with van der Waals surface area (Å²) < 4.78 is 0. The van der Waals surface area contributed by atoms with Crippen molar-refractivity contribution in [3.63, 3.8) is 0 Å². The van der Waals surface area contributed by atoms with Crippen LogP contribution in [0.1, 0.15) is 16.5 Å². The normalized spacial score (nSPS) is 12.3. The largest absolute Gasteiger partial charge is 0.506 e. The van der Waals surface area contributed by atoms with E-state index in [1.807, 2.05) is 5.38 Å². The van der Waals surface area contributed by atoms with Crippen molar-refractivity contribution in [3.8, 4) is 5.75 Å². The van der Waals surface area contributed by atoms with E-state index in [1.54, 1.807) is 12.1 Å². The van der Waals surface area contributed by atoms with Crippen molar-refractivity contribution in [1.29, 1.82) is 0 Å². The van der Waals surface area contributed by atoms with Crippen LogP contribution in [0, 0.1) is 10.1 Å². The number of nitrogens with zero attached hydrogens (tertiary/aromatic N) is 1. The van der Waals surface area contributed by atoms with Crippen LogP contribution >= 0.6 is 22.9 Å². The summed E-state index contributed by atoms with van der Waals surface area (Å²) in [5, 5.41) is 22.7. The number of rotatable bonds is 3. The molecule has 0 aliphatic heterocycles. The Bertz CT molecular complexity index is 586. The maximum Gasteiger partial charge on any atom is 0.278 e. The van der Waals surface area contributed by atoms with Gasteiger partial charge in [-0.3, -0.25) is 10.1 Å². The van der Waals surface area contributed by atoms with E-state index < -0.39 is 11.0 Å². The van der Waals surface area contributed by atoms with Crippen LogP contribution in [-0.4, -0.2) is 10.0 Å². The van der Waals surface area contributed by atoms with Gasteiger partial charge in [0.15, 0.2) is 0 Å². The maximum absolute atomic E-state index is 11.0. The quantitative estimate of drug-likeness (QED) is 0.669. The Kier molecular flexibility index (Phi) is 3.51. The molecule has 0 amide bonds. The van der Waals surface area contributed by atoms with Crippen molar-refractivity contribution in [1.82, 2.24) is 0 Å². The van der Waals surface area contributed by atoms with Crippen LogP contribution in [0.4, 0.5) is 5.69 Å². The Balaban J connectivity index is 2.61. The second-order valence-electron chi connectivity index (χ2n) is 3.58. The molecule has 5 nitrogen and oxygen atoms in total. The highest BCUT2D eigenvalue weighted by molar-refractivity contribution is 7.10. The van der Waals surface area contributed by atoms with Gasteiger partial charge in [0.1, 0.15) is 5.75 Å². The van der Waals surface area contributed by atoms with Crippen molar-refractivity contribution >= 4 is 28.6 Å². The van der Waals surface area contributed by atoms with Crippen LogP contribution in [0.15, 0.2) is 29.6 Å². The van der Waals surface area contributed by atoms with E-state index in [4.69, 9.17) is 17.3 Å². The summed E-state index contributed by atoms with van der Waals surface area (Å²) in [4.78, 5) is 11.1. The van der Waals surface area contributed by atoms with Crippen LogP contribution in [0.2, 0.25) is 5.02 Å². The molecule has 0 aliphatic rings. The minimum atomic E-state index is -0.774. The van der Waals surface area contributed by atoms with Gasteiger partial charge in [-0.25, -0.2) is 0 Å².